The standard InChI is InChI=1S/C8H12N4/c1-8(10)4-6(9)12-7-5(8)2-3-11-7/h2,4H,3,9-10H2,1H3,(H,11,12). The minimum Gasteiger partial charge on any atom is -0.385 e. The molecule has 12 heavy (non-hydrogen) atoms. The Hall–Kier alpha value is -1.29. The largest absolute Gasteiger partial charge is 0.385 e. The number of aliphatic imine (C=N–C) groups is 1. The topological polar surface area (TPSA) is 76.4 Å². The Bertz CT molecular complexity index is 309. The van der Waals surface area contributed by atoms with Crippen molar-refractivity contribution in [2.45, 2.75) is 12.5 Å². The molecule has 0 spiro atoms. The van der Waals surface area contributed by atoms with Crippen molar-refractivity contribution in [3.8, 4) is 0 Å². The zero-order chi connectivity index (χ0) is 8.77. The number of amidine groups is 1. The van der Waals surface area contributed by atoms with Crippen LogP contribution in [0.4, 0.5) is 0 Å². The van der Waals surface area contributed by atoms with Crippen LogP contribution in [0.3, 0.4) is 0 Å². The Kier molecular flexibility index (Phi) is 1.29. The van der Waals surface area contributed by atoms with E-state index < -0.39 is 5.54 Å². The van der Waals surface area contributed by atoms with Crippen molar-refractivity contribution >= 4 is 5.84 Å². The molecular weight excluding hydrogens is 152 g/mol. The molecule has 2 rings (SSSR count). The van der Waals surface area contributed by atoms with E-state index >= 15 is 0 Å². The van der Waals surface area contributed by atoms with Crippen LogP contribution in [-0.2, 0) is 0 Å². The number of hydrogen-bond acceptors (Lipinski definition) is 4. The molecule has 1 atom stereocenters. The summed E-state index contributed by atoms with van der Waals surface area (Å²) in [6.07, 6.45) is 3.83. The summed E-state index contributed by atoms with van der Waals surface area (Å²) in [5, 5.41) is 2.97. The van der Waals surface area contributed by atoms with Crippen molar-refractivity contribution in [3.05, 3.63) is 23.5 Å². The van der Waals surface area contributed by atoms with Crippen LogP contribution in [0.25, 0.3) is 0 Å². The van der Waals surface area contributed by atoms with Crippen LogP contribution in [-0.4, -0.2) is 17.9 Å². The van der Waals surface area contributed by atoms with Crippen LogP contribution in [0, 0.1) is 0 Å². The van der Waals surface area contributed by atoms with E-state index in [1.54, 1.807) is 0 Å². The second-order valence-corrected chi connectivity index (χ2v) is 3.31. The first-order chi connectivity index (χ1) is 5.59. The lowest BCUT2D eigenvalue weighted by molar-refractivity contribution is 0.682. The van der Waals surface area contributed by atoms with Gasteiger partial charge in [0, 0.05) is 5.57 Å². The van der Waals surface area contributed by atoms with E-state index in [0.29, 0.717) is 12.4 Å². The fourth-order valence-corrected chi connectivity index (χ4v) is 1.57. The van der Waals surface area contributed by atoms with Gasteiger partial charge in [-0.05, 0) is 13.0 Å². The van der Waals surface area contributed by atoms with Crippen molar-refractivity contribution < 1.29 is 0 Å². The van der Waals surface area contributed by atoms with Gasteiger partial charge >= 0.3 is 0 Å². The molecule has 0 radical (unpaired) electrons. The molecular formula is C8H12N4. The van der Waals surface area contributed by atoms with Crippen molar-refractivity contribution in [2.24, 2.45) is 16.5 Å². The molecule has 4 nitrogen and oxygen atoms in total. The molecule has 0 bridgehead atoms. The molecule has 2 aliphatic rings. The Morgan fingerprint density at radius 2 is 2.42 bits per heavy atom. The molecule has 2 aliphatic heterocycles. The average molecular weight is 164 g/mol. The van der Waals surface area contributed by atoms with Gasteiger partial charge in [0.25, 0.3) is 0 Å². The lowest BCUT2D eigenvalue weighted by Gasteiger charge is -2.29. The summed E-state index contributed by atoms with van der Waals surface area (Å²) < 4.78 is 0. The second-order valence-electron chi connectivity index (χ2n) is 3.31. The van der Waals surface area contributed by atoms with Gasteiger partial charge in [-0.15, -0.1) is 0 Å². The molecule has 0 aromatic carbocycles. The first kappa shape index (κ1) is 7.36. The summed E-state index contributed by atoms with van der Waals surface area (Å²) in [5.41, 5.74) is 12.2. The molecule has 0 saturated carbocycles. The van der Waals surface area contributed by atoms with Gasteiger partial charge in [-0.2, -0.15) is 0 Å². The Morgan fingerprint density at radius 3 is 3.17 bits per heavy atom. The molecule has 4 heteroatoms. The lowest BCUT2D eigenvalue weighted by atomic mass is 9.89. The smallest absolute Gasteiger partial charge is 0.131 e. The van der Waals surface area contributed by atoms with Crippen molar-refractivity contribution in [3.63, 3.8) is 0 Å². The van der Waals surface area contributed by atoms with Gasteiger partial charge in [0.15, 0.2) is 0 Å². The minimum absolute atomic E-state index is 0.468. The summed E-state index contributed by atoms with van der Waals surface area (Å²) in [6.45, 7) is 2.62. The van der Waals surface area contributed by atoms with Crippen molar-refractivity contribution in [1.82, 2.24) is 5.32 Å². The maximum absolute atomic E-state index is 6.01. The van der Waals surface area contributed by atoms with Crippen LogP contribution in [0.2, 0.25) is 0 Å². The Balaban J connectivity index is 2.48. The minimum atomic E-state index is -0.468. The van der Waals surface area contributed by atoms with Crippen LogP contribution >= 0.6 is 0 Å². The van der Waals surface area contributed by atoms with E-state index in [1.165, 1.54) is 0 Å². The lowest BCUT2D eigenvalue weighted by Crippen LogP contribution is -2.48. The maximum atomic E-state index is 6.01. The molecule has 0 aromatic heterocycles. The van der Waals surface area contributed by atoms with E-state index in [2.05, 4.69) is 10.3 Å². The number of nitrogens with one attached hydrogen (secondary N) is 1. The van der Waals surface area contributed by atoms with E-state index in [4.69, 9.17) is 11.5 Å². The molecule has 0 aliphatic carbocycles. The fraction of sp³-hybridized carbons (Fsp3) is 0.375. The van der Waals surface area contributed by atoms with E-state index in [1.807, 2.05) is 19.1 Å². The van der Waals surface area contributed by atoms with Crippen LogP contribution in [0.15, 0.2) is 28.5 Å². The van der Waals surface area contributed by atoms with Crippen LogP contribution in [0.1, 0.15) is 6.92 Å². The molecule has 5 N–H and O–H groups in total. The highest BCUT2D eigenvalue weighted by atomic mass is 15.1. The zero-order valence-corrected chi connectivity index (χ0v) is 6.96. The summed E-state index contributed by atoms with van der Waals surface area (Å²) in [7, 11) is 0. The van der Waals surface area contributed by atoms with Crippen molar-refractivity contribution in [1.29, 1.82) is 0 Å². The van der Waals surface area contributed by atoms with E-state index in [0.717, 1.165) is 11.4 Å². The molecule has 1 unspecified atom stereocenters. The predicted octanol–water partition coefficient (Wildman–Crippen LogP) is -0.554. The van der Waals surface area contributed by atoms with E-state index in [-0.39, 0.29) is 0 Å². The number of nitrogens with two attached hydrogens (primary N) is 2. The summed E-state index contributed by atoms with van der Waals surface area (Å²) >= 11 is 0. The maximum Gasteiger partial charge on any atom is 0.131 e. The highest BCUT2D eigenvalue weighted by Gasteiger charge is 2.31. The van der Waals surface area contributed by atoms with Gasteiger partial charge < -0.3 is 16.8 Å². The van der Waals surface area contributed by atoms with Gasteiger partial charge in [-0.25, -0.2) is 0 Å². The molecule has 64 valence electrons. The van der Waals surface area contributed by atoms with Gasteiger partial charge in [-0.3, -0.25) is 4.99 Å². The normalized spacial score (nSPS) is 33.0. The van der Waals surface area contributed by atoms with Gasteiger partial charge in [0.1, 0.15) is 5.84 Å². The first-order valence-electron chi connectivity index (χ1n) is 3.89. The second kappa shape index (κ2) is 2.10. The highest BCUT2D eigenvalue weighted by molar-refractivity contribution is 6.04. The number of hydrogen-bond donors (Lipinski definition) is 3. The van der Waals surface area contributed by atoms with Gasteiger partial charge in [0.05, 0.1) is 17.9 Å². The average Bonchev–Trinajstić information content (AvgIpc) is 2.32. The number of fused-ring (bicyclic) bond motifs is 1. The molecule has 0 amide bonds. The zero-order valence-electron chi connectivity index (χ0n) is 6.96. The third kappa shape index (κ3) is 0.921. The van der Waals surface area contributed by atoms with Crippen LogP contribution < -0.4 is 16.8 Å². The number of nitrogens with zero attached hydrogens (tertiary/aromatic N) is 1. The Labute approximate surface area is 71.0 Å². The molecule has 0 saturated heterocycles. The summed E-state index contributed by atoms with van der Waals surface area (Å²) in [6, 6.07) is 0. The third-order valence-corrected chi connectivity index (χ3v) is 2.10. The fourth-order valence-electron chi connectivity index (χ4n) is 1.57. The Morgan fingerprint density at radius 1 is 1.67 bits per heavy atom. The summed E-state index contributed by atoms with van der Waals surface area (Å²) in [5.74, 6) is 1.40. The van der Waals surface area contributed by atoms with Gasteiger partial charge in [0.2, 0.25) is 0 Å². The SMILES string of the molecule is CC1(N)C=C(N)NC2=NCC=C21. The van der Waals surface area contributed by atoms with Crippen molar-refractivity contribution in [2.75, 3.05) is 6.54 Å². The molecule has 2 heterocycles. The predicted molar refractivity (Wildman–Crippen MR) is 48.4 cm³/mol. The summed E-state index contributed by atoms with van der Waals surface area (Å²) in [4.78, 5) is 4.22. The van der Waals surface area contributed by atoms with Gasteiger partial charge in [-0.1, -0.05) is 6.08 Å². The molecule has 0 aromatic rings. The third-order valence-electron chi connectivity index (χ3n) is 2.10. The van der Waals surface area contributed by atoms with E-state index in [9.17, 15) is 0 Å². The number of rotatable bonds is 0. The first-order valence-corrected chi connectivity index (χ1v) is 3.89. The monoisotopic (exact) mass is 164 g/mol. The molecule has 0 fully saturated rings. The van der Waals surface area contributed by atoms with Crippen LogP contribution in [0.5, 0.6) is 0 Å². The highest BCUT2D eigenvalue weighted by Crippen LogP contribution is 2.23. The quantitative estimate of drug-likeness (QED) is 0.449.